The van der Waals surface area contributed by atoms with E-state index >= 15 is 0 Å². The summed E-state index contributed by atoms with van der Waals surface area (Å²) >= 11 is 0. The van der Waals surface area contributed by atoms with Gasteiger partial charge in [0.15, 0.2) is 6.29 Å². The fourth-order valence-electron chi connectivity index (χ4n) is 4.72. The van der Waals surface area contributed by atoms with Crippen LogP contribution in [-0.2, 0) is 16.8 Å². The molecule has 6 nitrogen and oxygen atoms in total. The summed E-state index contributed by atoms with van der Waals surface area (Å²) in [4.78, 5) is 23.7. The van der Waals surface area contributed by atoms with E-state index in [2.05, 4.69) is 5.32 Å². The molecule has 1 saturated carbocycles. The molecule has 0 unspecified atom stereocenters. The molecule has 6 heteroatoms. The Balaban J connectivity index is 1.87. The maximum Gasteiger partial charge on any atom is 0.405 e. The average molecular weight is 381 g/mol. The molecule has 1 atom stereocenters. The van der Waals surface area contributed by atoms with Crippen molar-refractivity contribution in [2.45, 2.75) is 31.2 Å². The van der Waals surface area contributed by atoms with Gasteiger partial charge in [-0.3, -0.25) is 0 Å². The van der Waals surface area contributed by atoms with Gasteiger partial charge in [0.1, 0.15) is 17.0 Å². The number of carbonyl (C=O) groups is 2. The minimum atomic E-state index is -1.18. The van der Waals surface area contributed by atoms with Gasteiger partial charge in [0, 0.05) is 5.41 Å². The highest BCUT2D eigenvalue weighted by Crippen LogP contribution is 2.63. The van der Waals surface area contributed by atoms with Crippen molar-refractivity contribution in [3.63, 3.8) is 0 Å². The molecule has 0 saturated heterocycles. The molecular weight excluding hydrogens is 358 g/mol. The predicted octanol–water partition coefficient (Wildman–Crippen LogP) is 3.76. The molecule has 28 heavy (non-hydrogen) atoms. The van der Waals surface area contributed by atoms with E-state index in [4.69, 9.17) is 9.47 Å². The zero-order valence-electron chi connectivity index (χ0n) is 16.0. The molecule has 0 heterocycles. The Labute approximate surface area is 163 Å². The van der Waals surface area contributed by atoms with Crippen LogP contribution in [0.3, 0.4) is 0 Å². The Kier molecular flexibility index (Phi) is 4.29. The van der Waals surface area contributed by atoms with Crippen molar-refractivity contribution in [2.75, 3.05) is 14.2 Å². The molecule has 2 aliphatic rings. The van der Waals surface area contributed by atoms with Crippen LogP contribution in [0, 0.1) is 5.41 Å². The summed E-state index contributed by atoms with van der Waals surface area (Å²) in [6.45, 7) is 0. The third kappa shape index (κ3) is 2.55. The molecule has 146 valence electrons. The highest BCUT2D eigenvalue weighted by Gasteiger charge is 2.63. The molecule has 0 radical (unpaired) electrons. The molecule has 2 aliphatic carbocycles. The highest BCUT2D eigenvalue weighted by atomic mass is 16.5. The van der Waals surface area contributed by atoms with Gasteiger partial charge in [-0.25, -0.2) is 4.79 Å². The number of carbonyl (C=O) groups excluding carboxylic acids is 1. The minimum Gasteiger partial charge on any atom is -0.496 e. The number of benzene rings is 2. The number of nitrogens with one attached hydrogen (secondary N) is 1. The molecule has 2 aromatic carbocycles. The number of carboxylic acid groups (broad SMARTS) is 1. The normalized spacial score (nSPS) is 21.5. The topological polar surface area (TPSA) is 84.9 Å². The van der Waals surface area contributed by atoms with Crippen LogP contribution in [0.4, 0.5) is 4.79 Å². The lowest BCUT2D eigenvalue weighted by Crippen LogP contribution is -2.55. The van der Waals surface area contributed by atoms with E-state index in [9.17, 15) is 14.7 Å². The Morgan fingerprint density at radius 1 is 1.11 bits per heavy atom. The van der Waals surface area contributed by atoms with Crippen molar-refractivity contribution >= 4 is 12.4 Å². The molecule has 1 amide bonds. The monoisotopic (exact) mass is 381 g/mol. The SMILES string of the molecule is COc1cccc(OC)c1-c1ccc2c(c1)CCC1(CC1)[C@]2(C=O)NC(=O)O. The molecule has 0 aliphatic heterocycles. The second-order valence-corrected chi connectivity index (χ2v) is 7.55. The van der Waals surface area contributed by atoms with Gasteiger partial charge in [-0.1, -0.05) is 24.3 Å². The lowest BCUT2D eigenvalue weighted by atomic mass is 9.67. The molecule has 1 fully saturated rings. The van der Waals surface area contributed by atoms with E-state index in [0.29, 0.717) is 11.5 Å². The van der Waals surface area contributed by atoms with Crippen LogP contribution in [0.15, 0.2) is 36.4 Å². The maximum atomic E-state index is 12.2. The van der Waals surface area contributed by atoms with Gasteiger partial charge >= 0.3 is 6.09 Å². The first-order chi connectivity index (χ1) is 13.5. The quantitative estimate of drug-likeness (QED) is 0.771. The van der Waals surface area contributed by atoms with Gasteiger partial charge in [0.25, 0.3) is 0 Å². The second kappa shape index (κ2) is 6.55. The number of methoxy groups -OCH3 is 2. The van der Waals surface area contributed by atoms with E-state index in [-0.39, 0.29) is 5.41 Å². The number of aldehydes is 1. The van der Waals surface area contributed by atoms with E-state index in [0.717, 1.165) is 54.2 Å². The van der Waals surface area contributed by atoms with Crippen molar-refractivity contribution in [3.05, 3.63) is 47.5 Å². The summed E-state index contributed by atoms with van der Waals surface area (Å²) < 4.78 is 11.0. The average Bonchev–Trinajstić information content (AvgIpc) is 3.50. The summed E-state index contributed by atoms with van der Waals surface area (Å²) in [7, 11) is 3.23. The first-order valence-corrected chi connectivity index (χ1v) is 9.32. The van der Waals surface area contributed by atoms with Crippen LogP contribution in [0.2, 0.25) is 0 Å². The summed E-state index contributed by atoms with van der Waals surface area (Å²) in [5.41, 5.74) is 1.99. The first kappa shape index (κ1) is 18.3. The first-order valence-electron chi connectivity index (χ1n) is 9.32. The third-order valence-electron chi connectivity index (χ3n) is 6.29. The maximum absolute atomic E-state index is 12.2. The van der Waals surface area contributed by atoms with Gasteiger partial charge < -0.3 is 24.7 Å². The number of rotatable bonds is 5. The fourth-order valence-corrected chi connectivity index (χ4v) is 4.72. The van der Waals surface area contributed by atoms with E-state index in [1.807, 2.05) is 36.4 Å². The van der Waals surface area contributed by atoms with Crippen LogP contribution in [0.1, 0.15) is 30.4 Å². The number of fused-ring (bicyclic) bond motifs is 1. The van der Waals surface area contributed by atoms with Crippen LogP contribution in [0.25, 0.3) is 11.1 Å². The third-order valence-corrected chi connectivity index (χ3v) is 6.29. The molecule has 0 bridgehead atoms. The molecule has 1 spiro atoms. The van der Waals surface area contributed by atoms with Crippen molar-refractivity contribution in [1.82, 2.24) is 5.32 Å². The smallest absolute Gasteiger partial charge is 0.405 e. The van der Waals surface area contributed by atoms with Crippen LogP contribution in [0.5, 0.6) is 11.5 Å². The summed E-state index contributed by atoms with van der Waals surface area (Å²) in [5.74, 6) is 1.39. The van der Waals surface area contributed by atoms with Crippen LogP contribution in [-0.4, -0.2) is 31.7 Å². The van der Waals surface area contributed by atoms with E-state index in [1.54, 1.807) is 14.2 Å². The van der Waals surface area contributed by atoms with Gasteiger partial charge in [0.05, 0.1) is 19.8 Å². The molecular formula is C22H23NO5. The number of hydrogen-bond acceptors (Lipinski definition) is 4. The molecule has 0 aromatic heterocycles. The van der Waals surface area contributed by atoms with E-state index < -0.39 is 11.6 Å². The standard InChI is InChI=1S/C22H23NO5/c1-27-17-4-3-5-18(28-2)19(17)15-6-7-16-14(12-15)8-9-21(10-11-21)22(16,13-24)23-20(25)26/h3-7,12-13,23H,8-11H2,1-2H3,(H,25,26)/t22-/m1/s1. The summed E-state index contributed by atoms with van der Waals surface area (Å²) in [6, 6.07) is 11.4. The van der Waals surface area contributed by atoms with Crippen LogP contribution >= 0.6 is 0 Å². The number of aryl methyl sites for hydroxylation is 1. The number of amides is 1. The molecule has 2 aromatic rings. The zero-order chi connectivity index (χ0) is 19.9. The minimum absolute atomic E-state index is 0.302. The van der Waals surface area contributed by atoms with Gasteiger partial charge in [-0.05, 0) is 54.5 Å². The summed E-state index contributed by atoms with van der Waals surface area (Å²) in [6.07, 6.45) is 2.90. The Bertz CT molecular complexity index is 928. The Morgan fingerprint density at radius 3 is 2.32 bits per heavy atom. The second-order valence-electron chi connectivity index (χ2n) is 7.55. The molecule has 2 N–H and O–H groups in total. The predicted molar refractivity (Wildman–Crippen MR) is 104 cm³/mol. The van der Waals surface area contributed by atoms with Gasteiger partial charge in [-0.15, -0.1) is 0 Å². The Morgan fingerprint density at radius 2 is 1.79 bits per heavy atom. The highest BCUT2D eigenvalue weighted by molar-refractivity contribution is 5.82. The van der Waals surface area contributed by atoms with Crippen molar-refractivity contribution in [2.24, 2.45) is 5.41 Å². The zero-order valence-corrected chi connectivity index (χ0v) is 16.0. The molecule has 4 rings (SSSR count). The lowest BCUT2D eigenvalue weighted by molar-refractivity contribution is -0.116. The largest absolute Gasteiger partial charge is 0.496 e. The van der Waals surface area contributed by atoms with Crippen molar-refractivity contribution in [3.8, 4) is 22.6 Å². The van der Waals surface area contributed by atoms with E-state index in [1.165, 1.54) is 0 Å². The van der Waals surface area contributed by atoms with Gasteiger partial charge in [-0.2, -0.15) is 0 Å². The van der Waals surface area contributed by atoms with Crippen molar-refractivity contribution < 1.29 is 24.2 Å². The lowest BCUT2D eigenvalue weighted by Gasteiger charge is -2.42. The number of ether oxygens (including phenoxy) is 2. The van der Waals surface area contributed by atoms with Crippen LogP contribution < -0.4 is 14.8 Å². The van der Waals surface area contributed by atoms with Crippen molar-refractivity contribution in [1.29, 1.82) is 0 Å². The Hall–Kier alpha value is -3.02. The number of hydrogen-bond donors (Lipinski definition) is 2. The summed E-state index contributed by atoms with van der Waals surface area (Å²) in [5, 5.41) is 12.0. The fraction of sp³-hybridized carbons (Fsp3) is 0.364. The van der Waals surface area contributed by atoms with Gasteiger partial charge in [0.2, 0.25) is 0 Å².